The molecule has 1 amide bonds. The SMILES string of the molecule is CCNC(=O)CN(C)Cc1nc(N)c2ccsc2n1. The number of carbonyl (C=O) groups excluding carboxylic acids is 1. The molecule has 0 aliphatic carbocycles. The zero-order valence-corrected chi connectivity index (χ0v) is 11.8. The van der Waals surface area contributed by atoms with Crippen LogP contribution in [-0.4, -0.2) is 40.9 Å². The van der Waals surface area contributed by atoms with Gasteiger partial charge in [-0.25, -0.2) is 9.97 Å². The first-order chi connectivity index (χ1) is 9.10. The molecular formula is C12H17N5OS. The predicted molar refractivity (Wildman–Crippen MR) is 76.8 cm³/mol. The third kappa shape index (κ3) is 3.39. The van der Waals surface area contributed by atoms with Crippen molar-refractivity contribution < 1.29 is 4.79 Å². The Morgan fingerprint density at radius 3 is 3.05 bits per heavy atom. The lowest BCUT2D eigenvalue weighted by atomic mass is 10.3. The molecule has 0 aromatic carbocycles. The molecule has 0 aliphatic rings. The average Bonchev–Trinajstić information content (AvgIpc) is 2.77. The third-order valence-corrected chi connectivity index (χ3v) is 3.41. The summed E-state index contributed by atoms with van der Waals surface area (Å²) >= 11 is 1.54. The zero-order chi connectivity index (χ0) is 13.8. The maximum Gasteiger partial charge on any atom is 0.234 e. The summed E-state index contributed by atoms with van der Waals surface area (Å²) in [5.41, 5.74) is 5.88. The van der Waals surface area contributed by atoms with Gasteiger partial charge >= 0.3 is 0 Å². The number of rotatable bonds is 5. The molecule has 0 atom stereocenters. The lowest BCUT2D eigenvalue weighted by Gasteiger charge is -2.15. The van der Waals surface area contributed by atoms with E-state index in [1.165, 1.54) is 11.3 Å². The predicted octanol–water partition coefficient (Wildman–Crippen LogP) is 0.841. The molecule has 0 fully saturated rings. The Hall–Kier alpha value is -1.73. The van der Waals surface area contributed by atoms with Gasteiger partial charge in [0.1, 0.15) is 16.5 Å². The van der Waals surface area contributed by atoms with Crippen LogP contribution in [0.15, 0.2) is 11.4 Å². The van der Waals surface area contributed by atoms with Crippen LogP contribution in [0.3, 0.4) is 0 Å². The Morgan fingerprint density at radius 1 is 1.53 bits per heavy atom. The van der Waals surface area contributed by atoms with E-state index in [1.54, 1.807) is 0 Å². The first kappa shape index (κ1) is 13.7. The van der Waals surface area contributed by atoms with E-state index in [2.05, 4.69) is 15.3 Å². The smallest absolute Gasteiger partial charge is 0.234 e. The summed E-state index contributed by atoms with van der Waals surface area (Å²) in [6, 6.07) is 1.91. The van der Waals surface area contributed by atoms with Gasteiger partial charge in [-0.3, -0.25) is 9.69 Å². The standard InChI is InChI=1S/C12H17N5OS/c1-3-14-10(18)7-17(2)6-9-15-11(13)8-4-5-19-12(8)16-9/h4-5H,3,6-7H2,1-2H3,(H,14,18)(H2,13,15,16). The highest BCUT2D eigenvalue weighted by atomic mass is 32.1. The van der Waals surface area contributed by atoms with Gasteiger partial charge < -0.3 is 11.1 Å². The topological polar surface area (TPSA) is 84.1 Å². The molecule has 2 rings (SSSR count). The zero-order valence-electron chi connectivity index (χ0n) is 11.0. The van der Waals surface area contributed by atoms with Crippen LogP contribution in [0.5, 0.6) is 0 Å². The Morgan fingerprint density at radius 2 is 2.32 bits per heavy atom. The summed E-state index contributed by atoms with van der Waals surface area (Å²) in [7, 11) is 1.85. The first-order valence-corrected chi connectivity index (χ1v) is 6.93. The van der Waals surface area contributed by atoms with E-state index >= 15 is 0 Å². The number of nitrogens with zero attached hydrogens (tertiary/aromatic N) is 3. The van der Waals surface area contributed by atoms with Crippen LogP contribution >= 0.6 is 11.3 Å². The van der Waals surface area contributed by atoms with Crippen LogP contribution in [0.4, 0.5) is 5.82 Å². The number of anilines is 1. The molecule has 7 heteroatoms. The number of nitrogens with two attached hydrogens (primary N) is 1. The molecule has 0 saturated carbocycles. The minimum absolute atomic E-state index is 0.00447. The van der Waals surface area contributed by atoms with Crippen LogP contribution in [0.1, 0.15) is 12.7 Å². The van der Waals surface area contributed by atoms with E-state index in [4.69, 9.17) is 5.73 Å². The number of hydrogen-bond donors (Lipinski definition) is 2. The van der Waals surface area contributed by atoms with Gasteiger partial charge in [-0.15, -0.1) is 11.3 Å². The number of fused-ring (bicyclic) bond motifs is 1. The van der Waals surface area contributed by atoms with Crippen molar-refractivity contribution in [2.24, 2.45) is 0 Å². The second kappa shape index (κ2) is 5.94. The van der Waals surface area contributed by atoms with Crippen molar-refractivity contribution in [1.82, 2.24) is 20.2 Å². The minimum atomic E-state index is -0.00447. The number of hydrogen-bond acceptors (Lipinski definition) is 6. The summed E-state index contributed by atoms with van der Waals surface area (Å²) in [5.74, 6) is 1.13. The second-order valence-corrected chi connectivity index (χ2v) is 5.18. The van der Waals surface area contributed by atoms with Crippen molar-refractivity contribution in [2.45, 2.75) is 13.5 Å². The van der Waals surface area contributed by atoms with Gasteiger partial charge in [0.15, 0.2) is 0 Å². The molecule has 0 radical (unpaired) electrons. The number of aromatic nitrogens is 2. The number of nitrogens with one attached hydrogen (secondary N) is 1. The molecule has 0 bridgehead atoms. The fourth-order valence-electron chi connectivity index (χ4n) is 1.79. The summed E-state index contributed by atoms with van der Waals surface area (Å²) in [4.78, 5) is 22.9. The Balaban J connectivity index is 2.06. The Labute approximate surface area is 115 Å². The van der Waals surface area contributed by atoms with Crippen molar-refractivity contribution in [1.29, 1.82) is 0 Å². The molecule has 2 aromatic heterocycles. The van der Waals surface area contributed by atoms with Gasteiger partial charge in [0.2, 0.25) is 5.91 Å². The van der Waals surface area contributed by atoms with E-state index in [9.17, 15) is 4.79 Å². The molecule has 3 N–H and O–H groups in total. The summed E-state index contributed by atoms with van der Waals surface area (Å²) < 4.78 is 0. The number of nitrogen functional groups attached to an aromatic ring is 1. The van der Waals surface area contributed by atoms with E-state index < -0.39 is 0 Å². The van der Waals surface area contributed by atoms with Gasteiger partial charge in [-0.1, -0.05) is 0 Å². The third-order valence-electron chi connectivity index (χ3n) is 2.60. The molecule has 0 aliphatic heterocycles. The molecule has 2 heterocycles. The van der Waals surface area contributed by atoms with Gasteiger partial charge in [-0.2, -0.15) is 0 Å². The lowest BCUT2D eigenvalue weighted by molar-refractivity contribution is -0.121. The average molecular weight is 279 g/mol. The van der Waals surface area contributed by atoms with E-state index in [0.29, 0.717) is 31.3 Å². The van der Waals surface area contributed by atoms with Crippen LogP contribution in [0.25, 0.3) is 10.2 Å². The fourth-order valence-corrected chi connectivity index (χ4v) is 2.58. The van der Waals surface area contributed by atoms with Crippen molar-refractivity contribution in [2.75, 3.05) is 25.9 Å². The van der Waals surface area contributed by atoms with Crippen LogP contribution in [0, 0.1) is 0 Å². The minimum Gasteiger partial charge on any atom is -0.383 e. The summed E-state index contributed by atoms with van der Waals surface area (Å²) in [6.07, 6.45) is 0. The monoisotopic (exact) mass is 279 g/mol. The molecular weight excluding hydrogens is 262 g/mol. The van der Waals surface area contributed by atoms with E-state index in [0.717, 1.165) is 10.2 Å². The summed E-state index contributed by atoms with van der Waals surface area (Å²) in [6.45, 7) is 3.35. The maximum absolute atomic E-state index is 11.5. The molecule has 6 nitrogen and oxygen atoms in total. The quantitative estimate of drug-likeness (QED) is 0.847. The number of carbonyl (C=O) groups is 1. The number of thiophene rings is 1. The second-order valence-electron chi connectivity index (χ2n) is 4.29. The fraction of sp³-hybridized carbons (Fsp3) is 0.417. The van der Waals surface area contributed by atoms with E-state index in [1.807, 2.05) is 30.3 Å². The molecule has 0 saturated heterocycles. The van der Waals surface area contributed by atoms with Gasteiger partial charge in [0.25, 0.3) is 0 Å². The van der Waals surface area contributed by atoms with Gasteiger partial charge in [0, 0.05) is 6.54 Å². The molecule has 0 unspecified atom stereocenters. The summed E-state index contributed by atoms with van der Waals surface area (Å²) in [5, 5.41) is 5.59. The normalized spacial score (nSPS) is 11.1. The highest BCUT2D eigenvalue weighted by Gasteiger charge is 2.10. The largest absolute Gasteiger partial charge is 0.383 e. The highest BCUT2D eigenvalue weighted by Crippen LogP contribution is 2.22. The first-order valence-electron chi connectivity index (χ1n) is 6.05. The van der Waals surface area contributed by atoms with Crippen molar-refractivity contribution in [3.63, 3.8) is 0 Å². The van der Waals surface area contributed by atoms with Gasteiger partial charge in [-0.05, 0) is 25.4 Å². The van der Waals surface area contributed by atoms with Gasteiger partial charge in [0.05, 0.1) is 18.5 Å². The van der Waals surface area contributed by atoms with E-state index in [-0.39, 0.29) is 5.91 Å². The molecule has 0 spiro atoms. The van der Waals surface area contributed by atoms with Crippen LogP contribution < -0.4 is 11.1 Å². The van der Waals surface area contributed by atoms with Crippen LogP contribution in [-0.2, 0) is 11.3 Å². The molecule has 19 heavy (non-hydrogen) atoms. The Kier molecular flexibility index (Phi) is 4.28. The van der Waals surface area contributed by atoms with Crippen molar-refractivity contribution >= 4 is 33.3 Å². The number of likely N-dealkylation sites (N-methyl/N-ethyl adjacent to an activating group) is 2. The van der Waals surface area contributed by atoms with Crippen molar-refractivity contribution in [3.8, 4) is 0 Å². The number of amides is 1. The van der Waals surface area contributed by atoms with Crippen molar-refractivity contribution in [3.05, 3.63) is 17.3 Å². The maximum atomic E-state index is 11.5. The lowest BCUT2D eigenvalue weighted by Crippen LogP contribution is -2.35. The molecule has 102 valence electrons. The highest BCUT2D eigenvalue weighted by molar-refractivity contribution is 7.16. The Bertz CT molecular complexity index is 583. The molecule has 2 aromatic rings. The van der Waals surface area contributed by atoms with Crippen LogP contribution in [0.2, 0.25) is 0 Å².